The third-order valence-corrected chi connectivity index (χ3v) is 5.45. The molecule has 0 unspecified atom stereocenters. The van der Waals surface area contributed by atoms with Crippen molar-refractivity contribution in [2.24, 2.45) is 0 Å². The smallest absolute Gasteiger partial charge is 0.263 e. The number of hydrogen-bond acceptors (Lipinski definition) is 3. The molecule has 2 aromatic rings. The zero-order valence-electron chi connectivity index (χ0n) is 11.6. The van der Waals surface area contributed by atoms with Crippen LogP contribution >= 0.6 is 22.9 Å². The Morgan fingerprint density at radius 2 is 2.00 bits per heavy atom. The Kier molecular flexibility index (Phi) is 4.68. The van der Waals surface area contributed by atoms with Crippen molar-refractivity contribution in [2.75, 3.05) is 6.61 Å². The molecule has 0 bridgehead atoms. The topological polar surface area (TPSA) is 49.3 Å². The number of carbonyl (C=O) groups is 1. The van der Waals surface area contributed by atoms with E-state index in [0.717, 1.165) is 10.1 Å². The van der Waals surface area contributed by atoms with Crippen LogP contribution in [0.25, 0.3) is 10.1 Å². The second-order valence-electron chi connectivity index (χ2n) is 4.84. The molecule has 0 aliphatic heterocycles. The maximum Gasteiger partial charge on any atom is 0.263 e. The zero-order chi connectivity index (χ0) is 14.8. The standard InChI is InChI=1S/C15H18ClNO2S/c1-3-15(4-2,9-18)17-14(19)13-12(16)10-7-5-6-8-11(10)20-13/h5-8,18H,3-4,9H2,1-2H3,(H,17,19). The highest BCUT2D eigenvalue weighted by molar-refractivity contribution is 7.21. The Morgan fingerprint density at radius 3 is 2.55 bits per heavy atom. The average Bonchev–Trinajstić information content (AvgIpc) is 2.83. The summed E-state index contributed by atoms with van der Waals surface area (Å²) in [6.45, 7) is 3.83. The summed E-state index contributed by atoms with van der Waals surface area (Å²) >= 11 is 7.68. The fourth-order valence-corrected chi connectivity index (χ4v) is 3.56. The molecule has 1 aromatic heterocycles. The minimum atomic E-state index is -0.573. The number of hydrogen-bond donors (Lipinski definition) is 2. The number of carbonyl (C=O) groups excluding carboxylic acids is 1. The van der Waals surface area contributed by atoms with Crippen LogP contribution in [0.15, 0.2) is 24.3 Å². The molecule has 0 saturated heterocycles. The lowest BCUT2D eigenvalue weighted by Gasteiger charge is -2.30. The number of thiophene rings is 1. The summed E-state index contributed by atoms with van der Waals surface area (Å²) in [6, 6.07) is 7.68. The molecule has 5 heteroatoms. The van der Waals surface area contributed by atoms with Crippen LogP contribution in [-0.4, -0.2) is 23.2 Å². The molecule has 20 heavy (non-hydrogen) atoms. The molecule has 1 aromatic carbocycles. The summed E-state index contributed by atoms with van der Waals surface area (Å²) in [6.07, 6.45) is 1.35. The summed E-state index contributed by atoms with van der Waals surface area (Å²) in [5.74, 6) is -0.214. The quantitative estimate of drug-likeness (QED) is 0.881. The van der Waals surface area contributed by atoms with E-state index in [1.165, 1.54) is 11.3 Å². The highest BCUT2D eigenvalue weighted by atomic mass is 35.5. The average molecular weight is 312 g/mol. The van der Waals surface area contributed by atoms with Crippen LogP contribution in [-0.2, 0) is 0 Å². The van der Waals surface area contributed by atoms with Crippen molar-refractivity contribution >= 4 is 38.9 Å². The highest BCUT2D eigenvalue weighted by Crippen LogP contribution is 2.35. The van der Waals surface area contributed by atoms with E-state index in [1.54, 1.807) is 0 Å². The summed E-state index contributed by atoms with van der Waals surface area (Å²) in [5.41, 5.74) is -0.573. The van der Waals surface area contributed by atoms with Crippen molar-refractivity contribution in [3.63, 3.8) is 0 Å². The molecular weight excluding hydrogens is 294 g/mol. The molecular formula is C15H18ClNO2S. The lowest BCUT2D eigenvalue weighted by molar-refractivity contribution is 0.0822. The highest BCUT2D eigenvalue weighted by Gasteiger charge is 2.29. The number of aliphatic hydroxyl groups is 1. The van der Waals surface area contributed by atoms with E-state index in [1.807, 2.05) is 38.1 Å². The number of halogens is 1. The van der Waals surface area contributed by atoms with Crippen LogP contribution in [0.4, 0.5) is 0 Å². The van der Waals surface area contributed by atoms with E-state index in [-0.39, 0.29) is 12.5 Å². The maximum absolute atomic E-state index is 12.4. The second kappa shape index (κ2) is 6.12. The first-order chi connectivity index (χ1) is 9.56. The van der Waals surface area contributed by atoms with Crippen LogP contribution < -0.4 is 5.32 Å². The number of nitrogens with one attached hydrogen (secondary N) is 1. The molecule has 1 amide bonds. The van der Waals surface area contributed by atoms with Gasteiger partial charge in [-0.25, -0.2) is 0 Å². The van der Waals surface area contributed by atoms with Crippen molar-refractivity contribution in [2.45, 2.75) is 32.2 Å². The summed E-state index contributed by atoms with van der Waals surface area (Å²) in [7, 11) is 0. The summed E-state index contributed by atoms with van der Waals surface area (Å²) < 4.78 is 0.991. The van der Waals surface area contributed by atoms with E-state index in [9.17, 15) is 9.90 Å². The van der Waals surface area contributed by atoms with Gasteiger partial charge in [-0.15, -0.1) is 11.3 Å². The van der Waals surface area contributed by atoms with Crippen molar-refractivity contribution in [3.8, 4) is 0 Å². The van der Waals surface area contributed by atoms with Crippen LogP contribution in [0.5, 0.6) is 0 Å². The Bertz CT molecular complexity index is 611. The van der Waals surface area contributed by atoms with Gasteiger partial charge in [0.2, 0.25) is 0 Å². The minimum absolute atomic E-state index is 0.0751. The SMILES string of the molecule is CCC(CC)(CO)NC(=O)c1sc2ccccc2c1Cl. The molecule has 2 N–H and O–H groups in total. The Balaban J connectivity index is 2.34. The maximum atomic E-state index is 12.4. The molecule has 0 aliphatic carbocycles. The van der Waals surface area contributed by atoms with E-state index in [2.05, 4.69) is 5.32 Å². The zero-order valence-corrected chi connectivity index (χ0v) is 13.1. The van der Waals surface area contributed by atoms with Gasteiger partial charge in [0.05, 0.1) is 17.2 Å². The lowest BCUT2D eigenvalue weighted by Crippen LogP contribution is -2.50. The molecule has 2 rings (SSSR count). The fraction of sp³-hybridized carbons (Fsp3) is 0.400. The third-order valence-electron chi connectivity index (χ3n) is 3.78. The molecule has 1 heterocycles. The van der Waals surface area contributed by atoms with E-state index in [4.69, 9.17) is 11.6 Å². The number of fused-ring (bicyclic) bond motifs is 1. The first kappa shape index (κ1) is 15.3. The number of aliphatic hydroxyl groups excluding tert-OH is 1. The lowest BCUT2D eigenvalue weighted by atomic mass is 9.94. The van der Waals surface area contributed by atoms with Gasteiger partial charge in [-0.05, 0) is 18.9 Å². The molecule has 0 spiro atoms. The van der Waals surface area contributed by atoms with E-state index < -0.39 is 5.54 Å². The molecule has 108 valence electrons. The van der Waals surface area contributed by atoms with Crippen LogP contribution in [0.3, 0.4) is 0 Å². The van der Waals surface area contributed by atoms with Gasteiger partial charge in [-0.3, -0.25) is 4.79 Å². The molecule has 0 saturated carbocycles. The van der Waals surface area contributed by atoms with Gasteiger partial charge in [0.15, 0.2) is 0 Å². The Labute approximate surface area is 127 Å². The normalized spacial score (nSPS) is 11.8. The van der Waals surface area contributed by atoms with E-state index >= 15 is 0 Å². The summed E-state index contributed by atoms with van der Waals surface area (Å²) in [4.78, 5) is 12.9. The predicted octanol–water partition coefficient (Wildman–Crippen LogP) is 3.84. The third kappa shape index (κ3) is 2.68. The second-order valence-corrected chi connectivity index (χ2v) is 6.27. The van der Waals surface area contributed by atoms with Gasteiger partial charge in [0, 0.05) is 10.1 Å². The number of rotatable bonds is 5. The molecule has 0 atom stereocenters. The molecule has 0 radical (unpaired) electrons. The minimum Gasteiger partial charge on any atom is -0.394 e. The van der Waals surface area contributed by atoms with Crippen molar-refractivity contribution < 1.29 is 9.90 Å². The summed E-state index contributed by atoms with van der Waals surface area (Å²) in [5, 5.41) is 13.9. The first-order valence-electron chi connectivity index (χ1n) is 6.67. The molecule has 0 aliphatic rings. The predicted molar refractivity (Wildman–Crippen MR) is 84.7 cm³/mol. The van der Waals surface area contributed by atoms with Gasteiger partial charge in [0.25, 0.3) is 5.91 Å². The van der Waals surface area contributed by atoms with Gasteiger partial charge in [-0.2, -0.15) is 0 Å². The Hall–Kier alpha value is -1.10. The molecule has 0 fully saturated rings. The van der Waals surface area contributed by atoms with E-state index in [0.29, 0.717) is 22.7 Å². The number of amides is 1. The molecule has 3 nitrogen and oxygen atoms in total. The van der Waals surface area contributed by atoms with Gasteiger partial charge >= 0.3 is 0 Å². The van der Waals surface area contributed by atoms with Crippen molar-refractivity contribution in [3.05, 3.63) is 34.2 Å². The first-order valence-corrected chi connectivity index (χ1v) is 7.86. The van der Waals surface area contributed by atoms with Crippen LogP contribution in [0, 0.1) is 0 Å². The Morgan fingerprint density at radius 1 is 1.35 bits per heavy atom. The fourth-order valence-electron chi connectivity index (χ4n) is 2.15. The van der Waals surface area contributed by atoms with Crippen LogP contribution in [0.2, 0.25) is 5.02 Å². The number of benzene rings is 1. The van der Waals surface area contributed by atoms with Crippen molar-refractivity contribution in [1.29, 1.82) is 0 Å². The van der Waals surface area contributed by atoms with Crippen molar-refractivity contribution in [1.82, 2.24) is 5.32 Å². The van der Waals surface area contributed by atoms with Gasteiger partial charge in [0.1, 0.15) is 4.88 Å². The van der Waals surface area contributed by atoms with Gasteiger partial charge in [-0.1, -0.05) is 43.6 Å². The van der Waals surface area contributed by atoms with Crippen LogP contribution in [0.1, 0.15) is 36.4 Å². The largest absolute Gasteiger partial charge is 0.394 e. The monoisotopic (exact) mass is 311 g/mol. The van der Waals surface area contributed by atoms with Gasteiger partial charge < -0.3 is 10.4 Å².